The van der Waals surface area contributed by atoms with E-state index in [1.54, 1.807) is 26.0 Å². The number of ether oxygens (including phenoxy) is 2. The number of methoxy groups -OCH3 is 1. The van der Waals surface area contributed by atoms with Gasteiger partial charge in [0.15, 0.2) is 11.5 Å². The van der Waals surface area contributed by atoms with Crippen LogP contribution >= 0.6 is 0 Å². The first-order valence-electron chi connectivity index (χ1n) is 6.84. The van der Waals surface area contributed by atoms with Crippen molar-refractivity contribution in [3.63, 3.8) is 0 Å². The Morgan fingerprint density at radius 3 is 2.77 bits per heavy atom. The molecule has 0 unspecified atom stereocenters. The van der Waals surface area contributed by atoms with Gasteiger partial charge in [-0.25, -0.2) is 9.59 Å². The fourth-order valence-electron chi connectivity index (χ4n) is 2.25. The molecule has 0 fully saturated rings. The highest BCUT2D eigenvalue weighted by Crippen LogP contribution is 2.31. The maximum absolute atomic E-state index is 12.2. The van der Waals surface area contributed by atoms with Gasteiger partial charge in [-0.2, -0.15) is 0 Å². The molecule has 1 heterocycles. The molecule has 7 nitrogen and oxygen atoms in total. The van der Waals surface area contributed by atoms with E-state index < -0.39 is 18.0 Å². The smallest absolute Gasteiger partial charge is 0.338 e. The van der Waals surface area contributed by atoms with Gasteiger partial charge in [0.1, 0.15) is 0 Å². The number of urea groups is 1. The second-order valence-electron chi connectivity index (χ2n) is 4.72. The molecule has 118 valence electrons. The van der Waals surface area contributed by atoms with Crippen molar-refractivity contribution in [2.45, 2.75) is 19.9 Å². The zero-order chi connectivity index (χ0) is 16.3. The maximum Gasteiger partial charge on any atom is 0.338 e. The molecular formula is C15H18N2O5. The minimum Gasteiger partial charge on any atom is -0.504 e. The molecule has 2 rings (SSSR count). The molecule has 0 bridgehead atoms. The highest BCUT2D eigenvalue weighted by molar-refractivity contribution is 6.04. The minimum atomic E-state index is -0.510. The van der Waals surface area contributed by atoms with Crippen molar-refractivity contribution in [1.29, 1.82) is 0 Å². The van der Waals surface area contributed by atoms with E-state index in [0.717, 1.165) is 0 Å². The summed E-state index contributed by atoms with van der Waals surface area (Å²) in [5.74, 6) is -0.295. The lowest BCUT2D eigenvalue weighted by molar-refractivity contribution is -0.138. The van der Waals surface area contributed by atoms with Crippen LogP contribution in [0, 0.1) is 0 Å². The predicted molar refractivity (Wildman–Crippen MR) is 79.3 cm³/mol. The lowest BCUT2D eigenvalue weighted by Gasteiger charge is -2.27. The molecule has 1 aromatic carbocycles. The highest BCUT2D eigenvalue weighted by Gasteiger charge is 2.30. The van der Waals surface area contributed by atoms with E-state index in [-0.39, 0.29) is 18.1 Å². The first-order chi connectivity index (χ1) is 10.5. The average Bonchev–Trinajstić information content (AvgIpc) is 2.47. The first kappa shape index (κ1) is 15.7. The topological polar surface area (TPSA) is 96.9 Å². The number of carbonyl (C=O) groups is 2. The molecule has 3 N–H and O–H groups in total. The molecule has 2 amide bonds. The SMILES string of the molecule is CCOC(=O)C1=C(c2ccc(O)c(OC)c2)NC(=O)N[C@H]1C. The van der Waals surface area contributed by atoms with Gasteiger partial charge in [-0.15, -0.1) is 0 Å². The Morgan fingerprint density at radius 2 is 2.14 bits per heavy atom. The monoisotopic (exact) mass is 306 g/mol. The van der Waals surface area contributed by atoms with E-state index in [4.69, 9.17) is 9.47 Å². The van der Waals surface area contributed by atoms with Gasteiger partial charge in [0.25, 0.3) is 0 Å². The summed E-state index contributed by atoms with van der Waals surface area (Å²) in [6.07, 6.45) is 0. The number of hydrogen-bond donors (Lipinski definition) is 3. The molecule has 1 atom stereocenters. The van der Waals surface area contributed by atoms with Crippen molar-refractivity contribution in [1.82, 2.24) is 10.6 Å². The number of esters is 1. The number of phenols is 1. The summed E-state index contributed by atoms with van der Waals surface area (Å²) < 4.78 is 10.1. The molecule has 0 saturated heterocycles. The molecule has 0 aliphatic carbocycles. The Labute approximate surface area is 127 Å². The normalized spacial score (nSPS) is 17.6. The van der Waals surface area contributed by atoms with Crippen LogP contribution in [-0.2, 0) is 9.53 Å². The van der Waals surface area contributed by atoms with E-state index in [1.165, 1.54) is 13.2 Å². The lowest BCUT2D eigenvalue weighted by atomic mass is 9.99. The van der Waals surface area contributed by atoms with Crippen LogP contribution in [0.3, 0.4) is 0 Å². The zero-order valence-corrected chi connectivity index (χ0v) is 12.6. The van der Waals surface area contributed by atoms with Gasteiger partial charge in [-0.1, -0.05) is 0 Å². The third-order valence-corrected chi connectivity index (χ3v) is 3.25. The number of nitrogens with one attached hydrogen (secondary N) is 2. The molecule has 0 radical (unpaired) electrons. The summed E-state index contributed by atoms with van der Waals surface area (Å²) in [5, 5.41) is 14.9. The number of carbonyl (C=O) groups excluding carboxylic acids is 2. The number of benzene rings is 1. The Hall–Kier alpha value is -2.70. The minimum absolute atomic E-state index is 0.0298. The summed E-state index contributed by atoms with van der Waals surface area (Å²) >= 11 is 0. The zero-order valence-electron chi connectivity index (χ0n) is 12.6. The molecule has 1 aliphatic rings. The fraction of sp³-hybridized carbons (Fsp3) is 0.333. The summed E-state index contributed by atoms with van der Waals surface area (Å²) in [5.41, 5.74) is 1.20. The molecule has 0 aromatic heterocycles. The number of rotatable bonds is 4. The highest BCUT2D eigenvalue weighted by atomic mass is 16.5. The van der Waals surface area contributed by atoms with Crippen molar-refractivity contribution < 1.29 is 24.2 Å². The molecule has 0 spiro atoms. The van der Waals surface area contributed by atoms with Crippen LogP contribution in [0.15, 0.2) is 23.8 Å². The standard InChI is InChI=1S/C15H18N2O5/c1-4-22-14(19)12-8(2)16-15(20)17-13(12)9-5-6-10(18)11(7-9)21-3/h5-8,18H,4H2,1-3H3,(H2,16,17,20)/t8-/m0/s1. The maximum atomic E-state index is 12.2. The van der Waals surface area contributed by atoms with Crippen LogP contribution in [0.25, 0.3) is 5.70 Å². The number of aromatic hydroxyl groups is 1. The van der Waals surface area contributed by atoms with Crippen LogP contribution in [0.5, 0.6) is 11.5 Å². The van der Waals surface area contributed by atoms with Crippen molar-refractivity contribution in [3.8, 4) is 11.5 Å². The third kappa shape index (κ3) is 2.98. The van der Waals surface area contributed by atoms with Gasteiger partial charge in [-0.3, -0.25) is 0 Å². The second kappa shape index (κ2) is 6.38. The van der Waals surface area contributed by atoms with Gasteiger partial charge < -0.3 is 25.2 Å². The molecular weight excluding hydrogens is 288 g/mol. The summed E-state index contributed by atoms with van der Waals surface area (Å²) in [6, 6.07) is 3.65. The molecule has 0 saturated carbocycles. The fourth-order valence-corrected chi connectivity index (χ4v) is 2.25. The van der Waals surface area contributed by atoms with Crippen LogP contribution < -0.4 is 15.4 Å². The van der Waals surface area contributed by atoms with Gasteiger partial charge in [-0.05, 0) is 32.0 Å². The average molecular weight is 306 g/mol. The summed E-state index contributed by atoms with van der Waals surface area (Å²) in [6.45, 7) is 3.64. The number of phenolic OH excluding ortho intramolecular Hbond substituents is 1. The van der Waals surface area contributed by atoms with Gasteiger partial charge in [0, 0.05) is 5.56 Å². The predicted octanol–water partition coefficient (Wildman–Crippen LogP) is 1.38. The van der Waals surface area contributed by atoms with Gasteiger partial charge >= 0.3 is 12.0 Å². The summed E-state index contributed by atoms with van der Waals surface area (Å²) in [4.78, 5) is 23.9. The van der Waals surface area contributed by atoms with Crippen LogP contribution in [0.2, 0.25) is 0 Å². The van der Waals surface area contributed by atoms with E-state index >= 15 is 0 Å². The quantitative estimate of drug-likeness (QED) is 0.730. The largest absolute Gasteiger partial charge is 0.504 e. The molecule has 1 aliphatic heterocycles. The molecule has 22 heavy (non-hydrogen) atoms. The van der Waals surface area contributed by atoms with Crippen molar-refractivity contribution in [3.05, 3.63) is 29.3 Å². The number of hydrogen-bond acceptors (Lipinski definition) is 5. The molecule has 1 aromatic rings. The van der Waals surface area contributed by atoms with E-state index in [9.17, 15) is 14.7 Å². The lowest BCUT2D eigenvalue weighted by Crippen LogP contribution is -2.48. The summed E-state index contributed by atoms with van der Waals surface area (Å²) in [7, 11) is 1.42. The van der Waals surface area contributed by atoms with E-state index in [1.807, 2.05) is 0 Å². The van der Waals surface area contributed by atoms with Crippen molar-refractivity contribution >= 4 is 17.7 Å². The van der Waals surface area contributed by atoms with Crippen molar-refractivity contribution in [2.75, 3.05) is 13.7 Å². The van der Waals surface area contributed by atoms with Crippen molar-refractivity contribution in [2.24, 2.45) is 0 Å². The van der Waals surface area contributed by atoms with Gasteiger partial charge in [0.05, 0.1) is 31.0 Å². The van der Waals surface area contributed by atoms with Crippen LogP contribution in [-0.4, -0.2) is 36.9 Å². The van der Waals surface area contributed by atoms with E-state index in [0.29, 0.717) is 16.8 Å². The first-order valence-corrected chi connectivity index (χ1v) is 6.84. The Morgan fingerprint density at radius 1 is 1.41 bits per heavy atom. The number of amides is 2. The third-order valence-electron chi connectivity index (χ3n) is 3.25. The Balaban J connectivity index is 2.56. The van der Waals surface area contributed by atoms with Gasteiger partial charge in [0.2, 0.25) is 0 Å². The van der Waals surface area contributed by atoms with Crippen LogP contribution in [0.1, 0.15) is 19.4 Å². The Bertz CT molecular complexity index is 639. The second-order valence-corrected chi connectivity index (χ2v) is 4.72. The van der Waals surface area contributed by atoms with Crippen LogP contribution in [0.4, 0.5) is 4.79 Å². The Kier molecular flexibility index (Phi) is 4.55. The molecule has 7 heteroatoms. The van der Waals surface area contributed by atoms with E-state index in [2.05, 4.69) is 10.6 Å².